The lowest BCUT2D eigenvalue weighted by atomic mass is 10.1. The van der Waals surface area contributed by atoms with E-state index in [0.717, 1.165) is 12.1 Å². The van der Waals surface area contributed by atoms with Crippen molar-refractivity contribution in [1.82, 2.24) is 15.5 Å². The maximum absolute atomic E-state index is 12.0. The summed E-state index contributed by atoms with van der Waals surface area (Å²) in [6.45, 7) is 3.37. The van der Waals surface area contributed by atoms with Crippen LogP contribution in [0.2, 0.25) is 0 Å². The molecule has 2 rings (SSSR count). The van der Waals surface area contributed by atoms with E-state index in [9.17, 15) is 4.79 Å². The van der Waals surface area contributed by atoms with Crippen LogP contribution in [-0.2, 0) is 0 Å². The molecule has 1 aromatic rings. The predicted octanol–water partition coefficient (Wildman–Crippen LogP) is 1.20. The van der Waals surface area contributed by atoms with Gasteiger partial charge in [-0.1, -0.05) is 17.7 Å². The molecule has 4 nitrogen and oxygen atoms in total. The van der Waals surface area contributed by atoms with Gasteiger partial charge >= 0.3 is 0 Å². The third-order valence-electron chi connectivity index (χ3n) is 2.60. The highest BCUT2D eigenvalue weighted by Crippen LogP contribution is 2.05. The second-order valence-corrected chi connectivity index (χ2v) is 4.79. The molecule has 2 N–H and O–H groups in total. The quantitative estimate of drug-likeness (QED) is 0.756. The molecule has 94 valence electrons. The fourth-order valence-electron chi connectivity index (χ4n) is 1.69. The summed E-state index contributed by atoms with van der Waals surface area (Å²) in [6.07, 6.45) is 0. The minimum atomic E-state index is -0.210. The summed E-state index contributed by atoms with van der Waals surface area (Å²) in [5.74, 6) is -0.210. The van der Waals surface area contributed by atoms with Gasteiger partial charge in [-0.05, 0) is 43.5 Å². The minimum Gasteiger partial charge on any atom is -0.360 e. The number of aryl methyl sites for hydroxylation is 1. The molecule has 0 aliphatic carbocycles. The molecule has 1 amide bonds. The Morgan fingerprint density at radius 3 is 2.89 bits per heavy atom. The van der Waals surface area contributed by atoms with Crippen LogP contribution in [0.4, 0.5) is 0 Å². The van der Waals surface area contributed by atoms with Gasteiger partial charge in [-0.2, -0.15) is 0 Å². The Morgan fingerprint density at radius 2 is 2.28 bits per heavy atom. The molecule has 0 saturated carbocycles. The molecule has 0 unspecified atom stereocenters. The van der Waals surface area contributed by atoms with Crippen LogP contribution in [0.1, 0.15) is 15.9 Å². The van der Waals surface area contributed by atoms with Gasteiger partial charge in [0, 0.05) is 18.7 Å². The number of rotatable bonds is 1. The Kier molecular flexibility index (Phi) is 3.88. The Balaban J connectivity index is 2.03. The second kappa shape index (κ2) is 5.41. The highest BCUT2D eigenvalue weighted by Gasteiger charge is 2.21. The lowest BCUT2D eigenvalue weighted by Crippen LogP contribution is -2.44. The monoisotopic (exact) mass is 279 g/mol. The van der Waals surface area contributed by atoms with Crippen LogP contribution in [0.25, 0.3) is 0 Å². The van der Waals surface area contributed by atoms with E-state index < -0.39 is 0 Å². The first-order chi connectivity index (χ1) is 8.58. The molecule has 1 aliphatic heterocycles. The van der Waals surface area contributed by atoms with Gasteiger partial charge in [0.15, 0.2) is 10.2 Å². The zero-order valence-corrected chi connectivity index (χ0v) is 11.5. The summed E-state index contributed by atoms with van der Waals surface area (Å²) in [5.41, 5.74) is 1.63. The van der Waals surface area contributed by atoms with E-state index in [0.29, 0.717) is 22.3 Å². The predicted molar refractivity (Wildman–Crippen MR) is 78.5 cm³/mol. The van der Waals surface area contributed by atoms with E-state index in [4.69, 9.17) is 24.4 Å². The number of hydrogen-bond acceptors (Lipinski definition) is 3. The van der Waals surface area contributed by atoms with Crippen LogP contribution in [0, 0.1) is 6.92 Å². The van der Waals surface area contributed by atoms with Gasteiger partial charge in [0.2, 0.25) is 0 Å². The summed E-state index contributed by atoms with van der Waals surface area (Å²) >= 11 is 10.2. The highest BCUT2D eigenvalue weighted by atomic mass is 32.1. The van der Waals surface area contributed by atoms with Crippen LogP contribution in [0.3, 0.4) is 0 Å². The van der Waals surface area contributed by atoms with E-state index in [1.54, 1.807) is 11.0 Å². The van der Waals surface area contributed by atoms with Gasteiger partial charge in [-0.25, -0.2) is 0 Å². The maximum atomic E-state index is 12.0. The number of thiocarbonyl (C=S) groups is 2. The van der Waals surface area contributed by atoms with Crippen LogP contribution < -0.4 is 10.6 Å². The highest BCUT2D eigenvalue weighted by molar-refractivity contribution is 7.81. The summed E-state index contributed by atoms with van der Waals surface area (Å²) in [6, 6.07) is 7.36. The third kappa shape index (κ3) is 2.83. The van der Waals surface area contributed by atoms with Gasteiger partial charge < -0.3 is 5.32 Å². The zero-order valence-electron chi connectivity index (χ0n) is 9.90. The molecule has 0 spiro atoms. The summed E-state index contributed by atoms with van der Waals surface area (Å²) in [5, 5.41) is 6.58. The van der Waals surface area contributed by atoms with Crippen molar-refractivity contribution in [1.29, 1.82) is 0 Å². The van der Waals surface area contributed by atoms with Crippen molar-refractivity contribution in [3.05, 3.63) is 35.4 Å². The third-order valence-corrected chi connectivity index (χ3v) is 3.29. The smallest absolute Gasteiger partial charge is 0.257 e. The Hall–Kier alpha value is -1.53. The van der Waals surface area contributed by atoms with Crippen LogP contribution in [0.15, 0.2) is 24.3 Å². The van der Waals surface area contributed by atoms with E-state index >= 15 is 0 Å². The van der Waals surface area contributed by atoms with Crippen molar-refractivity contribution in [3.8, 4) is 0 Å². The summed E-state index contributed by atoms with van der Waals surface area (Å²) < 4.78 is 0. The van der Waals surface area contributed by atoms with E-state index in [2.05, 4.69) is 10.6 Å². The summed E-state index contributed by atoms with van der Waals surface area (Å²) in [7, 11) is 0. The molecule has 6 heteroatoms. The largest absolute Gasteiger partial charge is 0.360 e. The molecule has 1 fully saturated rings. The normalized spacial score (nSPS) is 14.3. The van der Waals surface area contributed by atoms with E-state index in [1.165, 1.54) is 0 Å². The molecule has 0 aromatic heterocycles. The average Bonchev–Trinajstić information content (AvgIpc) is 2.75. The number of nitrogens with one attached hydrogen (secondary N) is 2. The minimum absolute atomic E-state index is 0.210. The molecule has 1 saturated heterocycles. The summed E-state index contributed by atoms with van der Waals surface area (Å²) in [4.78, 5) is 13.7. The molecule has 18 heavy (non-hydrogen) atoms. The molecule has 1 heterocycles. The molecular weight excluding hydrogens is 266 g/mol. The van der Waals surface area contributed by atoms with Crippen molar-refractivity contribution >= 4 is 40.6 Å². The van der Waals surface area contributed by atoms with Crippen LogP contribution in [-0.4, -0.2) is 34.1 Å². The molecule has 0 bridgehead atoms. The standard InChI is InChI=1S/C12H13N3OS2/c1-8-3-2-4-9(7-8)10(16)14-12(18)15-6-5-13-11(15)17/h2-4,7H,5-6H2,1H3,(H,13,17)(H,14,16,18). The first-order valence-corrected chi connectivity index (χ1v) is 6.37. The molecule has 0 atom stereocenters. The Morgan fingerprint density at radius 1 is 1.50 bits per heavy atom. The molecule has 0 radical (unpaired) electrons. The number of carbonyl (C=O) groups excluding carboxylic acids is 1. The number of amides is 1. The fourth-order valence-corrected chi connectivity index (χ4v) is 2.31. The van der Waals surface area contributed by atoms with Gasteiger partial charge in [-0.15, -0.1) is 0 Å². The van der Waals surface area contributed by atoms with Crippen molar-refractivity contribution in [2.24, 2.45) is 0 Å². The van der Waals surface area contributed by atoms with Gasteiger partial charge in [0.1, 0.15) is 0 Å². The van der Waals surface area contributed by atoms with Crippen LogP contribution in [0.5, 0.6) is 0 Å². The SMILES string of the molecule is Cc1cccc(C(=O)NC(=S)N2CCNC2=S)c1. The average molecular weight is 279 g/mol. The zero-order chi connectivity index (χ0) is 13.1. The maximum Gasteiger partial charge on any atom is 0.257 e. The number of benzene rings is 1. The fraction of sp³-hybridized carbons (Fsp3) is 0.250. The van der Waals surface area contributed by atoms with Gasteiger partial charge in [0.25, 0.3) is 5.91 Å². The number of hydrogen-bond donors (Lipinski definition) is 2. The van der Waals surface area contributed by atoms with Crippen LogP contribution >= 0.6 is 24.4 Å². The van der Waals surface area contributed by atoms with Gasteiger partial charge in [0.05, 0.1) is 0 Å². The Labute approximate surface area is 116 Å². The van der Waals surface area contributed by atoms with E-state index in [1.807, 2.05) is 25.1 Å². The van der Waals surface area contributed by atoms with Crippen molar-refractivity contribution < 1.29 is 4.79 Å². The van der Waals surface area contributed by atoms with Crippen molar-refractivity contribution in [2.45, 2.75) is 6.92 Å². The van der Waals surface area contributed by atoms with Crippen molar-refractivity contribution in [2.75, 3.05) is 13.1 Å². The molecule has 1 aliphatic rings. The first kappa shape index (κ1) is 12.9. The van der Waals surface area contributed by atoms with E-state index in [-0.39, 0.29) is 5.91 Å². The van der Waals surface area contributed by atoms with Crippen molar-refractivity contribution in [3.63, 3.8) is 0 Å². The molecule has 1 aromatic carbocycles. The lowest BCUT2D eigenvalue weighted by molar-refractivity contribution is 0.0975. The number of carbonyl (C=O) groups is 1. The topological polar surface area (TPSA) is 44.4 Å². The number of nitrogens with zero attached hydrogens (tertiary/aromatic N) is 1. The molecular formula is C12H13N3OS2. The Bertz CT molecular complexity index is 516. The lowest BCUT2D eigenvalue weighted by Gasteiger charge is -2.17. The second-order valence-electron chi connectivity index (χ2n) is 4.01. The van der Waals surface area contributed by atoms with Gasteiger partial charge in [-0.3, -0.25) is 15.0 Å². The first-order valence-electron chi connectivity index (χ1n) is 5.55.